The molecule has 0 saturated heterocycles. The number of esters is 1. The van der Waals surface area contributed by atoms with Crippen molar-refractivity contribution in [2.45, 2.75) is 6.92 Å². The largest absolute Gasteiger partial charge is 0.493 e. The molecule has 0 amide bonds. The number of carbonyl (C=O) groups excluding carboxylic acids is 2. The quantitative estimate of drug-likeness (QED) is 0.578. The minimum absolute atomic E-state index is 0.00431. The minimum Gasteiger partial charge on any atom is -0.493 e. The van der Waals surface area contributed by atoms with Gasteiger partial charge in [0.25, 0.3) is 0 Å². The molecule has 0 aliphatic carbocycles. The van der Waals surface area contributed by atoms with Crippen molar-refractivity contribution < 1.29 is 23.8 Å². The number of Topliss-reactive ketones (excluding diaryl/α,β-unsaturated/α-hetero) is 1. The number of ketones is 1. The van der Waals surface area contributed by atoms with E-state index < -0.39 is 5.97 Å². The van der Waals surface area contributed by atoms with E-state index in [0.717, 1.165) is 0 Å². The van der Waals surface area contributed by atoms with Crippen molar-refractivity contribution in [1.82, 2.24) is 4.98 Å². The molecular weight excluding hydrogens is 226 g/mol. The van der Waals surface area contributed by atoms with E-state index in [9.17, 15) is 9.59 Å². The number of carbonyl (C=O) groups is 2. The number of rotatable bonds is 4. The summed E-state index contributed by atoms with van der Waals surface area (Å²) in [6.07, 6.45) is 0. The zero-order valence-corrected chi connectivity index (χ0v) is 10.1. The Morgan fingerprint density at radius 1 is 1.18 bits per heavy atom. The number of pyridine rings is 1. The lowest BCUT2D eigenvalue weighted by Gasteiger charge is -2.11. The third kappa shape index (κ3) is 2.52. The zero-order valence-electron chi connectivity index (χ0n) is 10.1. The van der Waals surface area contributed by atoms with E-state index in [1.54, 1.807) is 0 Å². The van der Waals surface area contributed by atoms with Crippen molar-refractivity contribution >= 4 is 11.8 Å². The molecule has 0 aliphatic rings. The Bertz CT molecular complexity index is 455. The molecular formula is C11H13NO5. The molecule has 1 heterocycles. The van der Waals surface area contributed by atoms with Gasteiger partial charge in [0.05, 0.1) is 21.3 Å². The van der Waals surface area contributed by atoms with E-state index in [4.69, 9.17) is 9.47 Å². The van der Waals surface area contributed by atoms with Crippen LogP contribution in [0.3, 0.4) is 0 Å². The fourth-order valence-corrected chi connectivity index (χ4v) is 1.31. The molecule has 17 heavy (non-hydrogen) atoms. The second kappa shape index (κ2) is 5.29. The highest BCUT2D eigenvalue weighted by atomic mass is 16.5. The second-order valence-corrected chi connectivity index (χ2v) is 3.14. The number of nitrogens with zero attached hydrogens (tertiary/aromatic N) is 1. The monoisotopic (exact) mass is 239 g/mol. The van der Waals surface area contributed by atoms with Crippen LogP contribution in [0.1, 0.15) is 27.9 Å². The predicted molar refractivity (Wildman–Crippen MR) is 58.7 cm³/mol. The highest BCUT2D eigenvalue weighted by molar-refractivity contribution is 5.98. The molecule has 6 nitrogen and oxygen atoms in total. The normalized spacial score (nSPS) is 9.65. The van der Waals surface area contributed by atoms with E-state index >= 15 is 0 Å². The molecule has 1 rings (SSSR count). The Balaban J connectivity index is 3.45. The van der Waals surface area contributed by atoms with Gasteiger partial charge in [-0.25, -0.2) is 9.78 Å². The van der Waals surface area contributed by atoms with Gasteiger partial charge >= 0.3 is 5.97 Å². The first-order valence-corrected chi connectivity index (χ1v) is 4.77. The first kappa shape index (κ1) is 13.0. The van der Waals surface area contributed by atoms with Gasteiger partial charge in [0.1, 0.15) is 0 Å². The second-order valence-electron chi connectivity index (χ2n) is 3.14. The first-order valence-electron chi connectivity index (χ1n) is 4.77. The summed E-state index contributed by atoms with van der Waals surface area (Å²) in [5.41, 5.74) is 0.0302. The number of aromatic nitrogens is 1. The number of methoxy groups -OCH3 is 3. The van der Waals surface area contributed by atoms with Gasteiger partial charge in [0.2, 0.25) is 0 Å². The fourth-order valence-electron chi connectivity index (χ4n) is 1.31. The van der Waals surface area contributed by atoms with Crippen LogP contribution in [-0.4, -0.2) is 38.1 Å². The molecule has 1 aromatic rings. The summed E-state index contributed by atoms with van der Waals surface area (Å²) in [6, 6.07) is 1.36. The summed E-state index contributed by atoms with van der Waals surface area (Å²) >= 11 is 0. The van der Waals surface area contributed by atoms with Crippen LogP contribution in [0.25, 0.3) is 0 Å². The Kier molecular flexibility index (Phi) is 4.03. The molecule has 0 N–H and O–H groups in total. The minimum atomic E-state index is -0.645. The van der Waals surface area contributed by atoms with Crippen molar-refractivity contribution in [3.63, 3.8) is 0 Å². The molecule has 0 aliphatic heterocycles. The summed E-state index contributed by atoms with van der Waals surface area (Å²) in [5, 5.41) is 0. The maximum Gasteiger partial charge on any atom is 0.356 e. The topological polar surface area (TPSA) is 74.7 Å². The van der Waals surface area contributed by atoms with Crippen LogP contribution >= 0.6 is 0 Å². The molecule has 0 radical (unpaired) electrons. The van der Waals surface area contributed by atoms with Crippen LogP contribution in [0.2, 0.25) is 0 Å². The summed E-state index contributed by atoms with van der Waals surface area (Å²) < 4.78 is 14.6. The lowest BCUT2D eigenvalue weighted by Crippen LogP contribution is -2.11. The molecule has 0 saturated carbocycles. The maximum absolute atomic E-state index is 11.4. The lowest BCUT2D eigenvalue weighted by molar-refractivity contribution is 0.0593. The molecule has 0 aromatic carbocycles. The van der Waals surface area contributed by atoms with Gasteiger partial charge in [-0.05, 0) is 0 Å². The van der Waals surface area contributed by atoms with Crippen molar-refractivity contribution in [3.05, 3.63) is 17.5 Å². The van der Waals surface area contributed by atoms with Gasteiger partial charge < -0.3 is 14.2 Å². The molecule has 92 valence electrons. The molecule has 0 fully saturated rings. The van der Waals surface area contributed by atoms with Gasteiger partial charge in [-0.2, -0.15) is 0 Å². The van der Waals surface area contributed by atoms with Crippen LogP contribution in [0.5, 0.6) is 11.5 Å². The predicted octanol–water partition coefficient (Wildman–Crippen LogP) is 1.09. The van der Waals surface area contributed by atoms with Gasteiger partial charge in [-0.3, -0.25) is 4.79 Å². The molecule has 0 unspecified atom stereocenters. The van der Waals surface area contributed by atoms with Gasteiger partial charge in [0, 0.05) is 13.0 Å². The molecule has 6 heteroatoms. The Morgan fingerprint density at radius 3 is 2.24 bits per heavy atom. The van der Waals surface area contributed by atoms with Crippen LogP contribution in [0.4, 0.5) is 0 Å². The van der Waals surface area contributed by atoms with Crippen LogP contribution in [0, 0.1) is 0 Å². The summed E-state index contributed by atoms with van der Waals surface area (Å²) in [5.74, 6) is -0.514. The average molecular weight is 239 g/mol. The Hall–Kier alpha value is -2.11. The maximum atomic E-state index is 11.4. The van der Waals surface area contributed by atoms with Crippen molar-refractivity contribution in [2.24, 2.45) is 0 Å². The highest BCUT2D eigenvalue weighted by Gasteiger charge is 2.20. The summed E-state index contributed by atoms with van der Waals surface area (Å²) in [7, 11) is 4.03. The van der Waals surface area contributed by atoms with Crippen LogP contribution in [0.15, 0.2) is 6.07 Å². The third-order valence-corrected chi connectivity index (χ3v) is 2.09. The highest BCUT2D eigenvalue weighted by Crippen LogP contribution is 2.31. The molecule has 0 spiro atoms. The number of hydrogen-bond acceptors (Lipinski definition) is 6. The van der Waals surface area contributed by atoms with Crippen LogP contribution < -0.4 is 9.47 Å². The first-order chi connectivity index (χ1) is 8.04. The smallest absolute Gasteiger partial charge is 0.356 e. The van der Waals surface area contributed by atoms with E-state index in [1.165, 1.54) is 34.3 Å². The van der Waals surface area contributed by atoms with Crippen LogP contribution in [-0.2, 0) is 4.74 Å². The average Bonchev–Trinajstić information content (AvgIpc) is 2.35. The molecule has 1 aromatic heterocycles. The van der Waals surface area contributed by atoms with Gasteiger partial charge in [0.15, 0.2) is 28.7 Å². The Morgan fingerprint density at radius 2 is 1.82 bits per heavy atom. The standard InChI is InChI=1S/C11H13NO5/c1-6(13)9-10(16-3)8(15-2)5-7(12-9)11(14)17-4/h5H,1-4H3. The SMILES string of the molecule is COC(=O)c1cc(OC)c(OC)c(C(C)=O)n1. The molecule has 0 bridgehead atoms. The van der Waals surface area contributed by atoms with Gasteiger partial charge in [-0.15, -0.1) is 0 Å². The Labute approximate surface area is 98.5 Å². The lowest BCUT2D eigenvalue weighted by atomic mass is 10.2. The fraction of sp³-hybridized carbons (Fsp3) is 0.364. The zero-order chi connectivity index (χ0) is 13.0. The number of hydrogen-bond donors (Lipinski definition) is 0. The van der Waals surface area contributed by atoms with E-state index in [1.807, 2.05) is 0 Å². The van der Waals surface area contributed by atoms with E-state index in [-0.39, 0.29) is 28.7 Å². The number of ether oxygens (including phenoxy) is 3. The van der Waals surface area contributed by atoms with Crippen molar-refractivity contribution in [2.75, 3.05) is 21.3 Å². The molecule has 0 atom stereocenters. The van der Waals surface area contributed by atoms with Gasteiger partial charge in [-0.1, -0.05) is 0 Å². The summed E-state index contributed by atoms with van der Waals surface area (Å²) in [6.45, 7) is 1.32. The van der Waals surface area contributed by atoms with E-state index in [0.29, 0.717) is 0 Å². The third-order valence-electron chi connectivity index (χ3n) is 2.09. The summed E-state index contributed by atoms with van der Waals surface area (Å²) in [4.78, 5) is 26.7. The van der Waals surface area contributed by atoms with Crippen molar-refractivity contribution in [3.8, 4) is 11.5 Å². The van der Waals surface area contributed by atoms with E-state index in [2.05, 4.69) is 9.72 Å². The van der Waals surface area contributed by atoms with Crippen molar-refractivity contribution in [1.29, 1.82) is 0 Å².